The van der Waals surface area contributed by atoms with Crippen LogP contribution in [0.3, 0.4) is 0 Å². The Labute approximate surface area is 72.8 Å². The molecule has 0 saturated carbocycles. The van der Waals surface area contributed by atoms with Gasteiger partial charge in [0.15, 0.2) is 0 Å². The first-order valence-electron chi connectivity index (χ1n) is 4.00. The maximum Gasteiger partial charge on any atom is 0.0241 e. The molecule has 0 radical (unpaired) electrons. The molecular weight excluding hydrogens is 188 g/mol. The molecule has 10 heavy (non-hydrogen) atoms. The van der Waals surface area contributed by atoms with Gasteiger partial charge in [-0.1, -0.05) is 54.8 Å². The van der Waals surface area contributed by atoms with Crippen molar-refractivity contribution in [2.24, 2.45) is 5.92 Å². The smallest absolute Gasteiger partial charge is 0.0241 e. The van der Waals surface area contributed by atoms with Crippen molar-refractivity contribution in [2.75, 3.05) is 5.33 Å². The highest BCUT2D eigenvalue weighted by atomic mass is 79.9. The Morgan fingerprint density at radius 1 is 1.50 bits per heavy atom. The molecule has 1 atom stereocenters. The number of alkyl halides is 1. The first kappa shape index (κ1) is 10.2. The Balaban J connectivity index is 3.83. The molecule has 0 heterocycles. The summed E-state index contributed by atoms with van der Waals surface area (Å²) in [5, 5.41) is 1.04. The van der Waals surface area contributed by atoms with Gasteiger partial charge in [-0.05, 0) is 12.3 Å². The van der Waals surface area contributed by atoms with Gasteiger partial charge in [0.25, 0.3) is 0 Å². The standard InChI is InChI=1S/C9H17Br/c1-4-8(3)6-9(5-2)7-10/h6,8H,4-5,7H2,1-3H3. The zero-order chi connectivity index (χ0) is 7.98. The van der Waals surface area contributed by atoms with Gasteiger partial charge in [-0.3, -0.25) is 0 Å². The molecule has 0 aliphatic heterocycles. The van der Waals surface area contributed by atoms with E-state index in [1.165, 1.54) is 18.4 Å². The van der Waals surface area contributed by atoms with Crippen molar-refractivity contribution in [3.05, 3.63) is 11.6 Å². The molecule has 60 valence electrons. The molecule has 0 saturated heterocycles. The predicted molar refractivity (Wildman–Crippen MR) is 51.6 cm³/mol. The van der Waals surface area contributed by atoms with Gasteiger partial charge in [0, 0.05) is 5.33 Å². The molecule has 0 nitrogen and oxygen atoms in total. The summed E-state index contributed by atoms with van der Waals surface area (Å²) in [7, 11) is 0. The van der Waals surface area contributed by atoms with Crippen molar-refractivity contribution in [1.29, 1.82) is 0 Å². The third kappa shape index (κ3) is 4.10. The SMILES string of the molecule is CCC(=CC(C)CC)CBr. The van der Waals surface area contributed by atoms with Crippen molar-refractivity contribution >= 4 is 15.9 Å². The van der Waals surface area contributed by atoms with E-state index >= 15 is 0 Å². The van der Waals surface area contributed by atoms with Crippen LogP contribution in [0.5, 0.6) is 0 Å². The molecule has 0 amide bonds. The Hall–Kier alpha value is 0.220. The minimum Gasteiger partial charge on any atom is -0.0880 e. The van der Waals surface area contributed by atoms with E-state index in [1.54, 1.807) is 0 Å². The summed E-state index contributed by atoms with van der Waals surface area (Å²) in [4.78, 5) is 0. The van der Waals surface area contributed by atoms with Gasteiger partial charge in [-0.2, -0.15) is 0 Å². The van der Waals surface area contributed by atoms with Crippen LogP contribution in [0, 0.1) is 5.92 Å². The Morgan fingerprint density at radius 3 is 2.40 bits per heavy atom. The molecule has 0 spiro atoms. The van der Waals surface area contributed by atoms with E-state index in [1.807, 2.05) is 0 Å². The number of hydrogen-bond donors (Lipinski definition) is 0. The van der Waals surface area contributed by atoms with Gasteiger partial charge >= 0.3 is 0 Å². The minimum atomic E-state index is 0.743. The molecule has 0 fully saturated rings. The Kier molecular flexibility index (Phi) is 6.10. The Bertz CT molecular complexity index is 99.3. The van der Waals surface area contributed by atoms with Gasteiger partial charge in [-0.25, -0.2) is 0 Å². The van der Waals surface area contributed by atoms with E-state index in [-0.39, 0.29) is 0 Å². The summed E-state index contributed by atoms with van der Waals surface area (Å²) >= 11 is 3.47. The molecular formula is C9H17Br. The van der Waals surface area contributed by atoms with E-state index in [4.69, 9.17) is 0 Å². The van der Waals surface area contributed by atoms with E-state index in [2.05, 4.69) is 42.8 Å². The van der Waals surface area contributed by atoms with Crippen molar-refractivity contribution in [2.45, 2.75) is 33.6 Å². The molecule has 0 aromatic carbocycles. The molecule has 0 aromatic rings. The number of halogens is 1. The molecule has 0 aliphatic carbocycles. The van der Waals surface area contributed by atoms with Gasteiger partial charge in [0.2, 0.25) is 0 Å². The number of hydrogen-bond acceptors (Lipinski definition) is 0. The monoisotopic (exact) mass is 204 g/mol. The second kappa shape index (κ2) is 5.96. The third-order valence-electron chi connectivity index (χ3n) is 1.79. The van der Waals surface area contributed by atoms with E-state index < -0.39 is 0 Å². The Morgan fingerprint density at radius 2 is 2.10 bits per heavy atom. The molecule has 0 N–H and O–H groups in total. The maximum absolute atomic E-state index is 3.47. The van der Waals surface area contributed by atoms with Gasteiger partial charge < -0.3 is 0 Å². The number of rotatable bonds is 4. The minimum absolute atomic E-state index is 0.743. The summed E-state index contributed by atoms with van der Waals surface area (Å²) in [5.41, 5.74) is 1.52. The fourth-order valence-electron chi connectivity index (χ4n) is 0.777. The van der Waals surface area contributed by atoms with Crippen molar-refractivity contribution < 1.29 is 0 Å². The summed E-state index contributed by atoms with van der Waals surface area (Å²) in [6.07, 6.45) is 4.79. The second-order valence-corrected chi connectivity index (χ2v) is 3.26. The average molecular weight is 205 g/mol. The normalized spacial score (nSPS) is 15.4. The summed E-state index contributed by atoms with van der Waals surface area (Å²) in [6.45, 7) is 6.69. The zero-order valence-corrected chi connectivity index (χ0v) is 8.74. The van der Waals surface area contributed by atoms with Crippen molar-refractivity contribution in [3.8, 4) is 0 Å². The lowest BCUT2D eigenvalue weighted by Gasteiger charge is -2.04. The molecule has 0 aromatic heterocycles. The van der Waals surface area contributed by atoms with Gasteiger partial charge in [-0.15, -0.1) is 0 Å². The van der Waals surface area contributed by atoms with Crippen molar-refractivity contribution in [3.63, 3.8) is 0 Å². The topological polar surface area (TPSA) is 0 Å². The van der Waals surface area contributed by atoms with Crippen LogP contribution < -0.4 is 0 Å². The first-order valence-corrected chi connectivity index (χ1v) is 5.12. The third-order valence-corrected chi connectivity index (χ3v) is 2.51. The lowest BCUT2D eigenvalue weighted by Crippen LogP contribution is -1.90. The summed E-state index contributed by atoms with van der Waals surface area (Å²) < 4.78 is 0. The number of allylic oxidation sites excluding steroid dienone is 2. The molecule has 1 heteroatoms. The van der Waals surface area contributed by atoms with E-state index in [0.29, 0.717) is 0 Å². The van der Waals surface area contributed by atoms with E-state index in [9.17, 15) is 0 Å². The van der Waals surface area contributed by atoms with Crippen LogP contribution in [0.25, 0.3) is 0 Å². The highest BCUT2D eigenvalue weighted by Gasteiger charge is 1.95. The predicted octanol–water partition coefficient (Wildman–Crippen LogP) is 3.76. The molecule has 0 bridgehead atoms. The van der Waals surface area contributed by atoms with Crippen LogP contribution in [-0.2, 0) is 0 Å². The molecule has 1 unspecified atom stereocenters. The lowest BCUT2D eigenvalue weighted by atomic mass is 10.0. The maximum atomic E-state index is 3.47. The van der Waals surface area contributed by atoms with E-state index in [0.717, 1.165) is 11.2 Å². The zero-order valence-electron chi connectivity index (χ0n) is 7.15. The highest BCUT2D eigenvalue weighted by molar-refractivity contribution is 9.09. The fraction of sp³-hybridized carbons (Fsp3) is 0.778. The van der Waals surface area contributed by atoms with Crippen LogP contribution in [0.1, 0.15) is 33.6 Å². The van der Waals surface area contributed by atoms with Crippen LogP contribution in [-0.4, -0.2) is 5.33 Å². The second-order valence-electron chi connectivity index (χ2n) is 2.70. The van der Waals surface area contributed by atoms with Gasteiger partial charge in [0.05, 0.1) is 0 Å². The average Bonchev–Trinajstić information content (AvgIpc) is 1.99. The summed E-state index contributed by atoms with van der Waals surface area (Å²) in [5.74, 6) is 0.743. The highest BCUT2D eigenvalue weighted by Crippen LogP contribution is 2.11. The fourth-order valence-corrected chi connectivity index (χ4v) is 1.36. The van der Waals surface area contributed by atoms with Crippen molar-refractivity contribution in [1.82, 2.24) is 0 Å². The van der Waals surface area contributed by atoms with Crippen LogP contribution >= 0.6 is 15.9 Å². The summed E-state index contributed by atoms with van der Waals surface area (Å²) in [6, 6.07) is 0. The van der Waals surface area contributed by atoms with Gasteiger partial charge in [0.1, 0.15) is 0 Å². The van der Waals surface area contributed by atoms with Crippen LogP contribution in [0.2, 0.25) is 0 Å². The quantitative estimate of drug-likeness (QED) is 0.484. The molecule has 0 aliphatic rings. The largest absolute Gasteiger partial charge is 0.0880 e. The lowest BCUT2D eigenvalue weighted by molar-refractivity contribution is 0.690. The first-order chi connectivity index (χ1) is 4.74. The molecule has 0 rings (SSSR count). The van der Waals surface area contributed by atoms with Crippen LogP contribution in [0.4, 0.5) is 0 Å². The van der Waals surface area contributed by atoms with Crippen LogP contribution in [0.15, 0.2) is 11.6 Å².